The molecule has 1 aliphatic heterocycles. The number of para-hydroxylation sites is 1. The van der Waals surface area contributed by atoms with Crippen molar-refractivity contribution in [3.63, 3.8) is 0 Å². The van der Waals surface area contributed by atoms with Gasteiger partial charge in [-0.3, -0.25) is 4.90 Å². The van der Waals surface area contributed by atoms with Gasteiger partial charge in [0.2, 0.25) is 0 Å². The van der Waals surface area contributed by atoms with Gasteiger partial charge in [0.15, 0.2) is 0 Å². The fourth-order valence-electron chi connectivity index (χ4n) is 3.72. The predicted octanol–water partition coefficient (Wildman–Crippen LogP) is 5.36. The smallest absolute Gasteiger partial charge is 0.258 e. The van der Waals surface area contributed by atoms with Crippen molar-refractivity contribution in [3.05, 3.63) is 63.1 Å². The van der Waals surface area contributed by atoms with Gasteiger partial charge in [0.05, 0.1) is 0 Å². The first kappa shape index (κ1) is 17.1. The van der Waals surface area contributed by atoms with E-state index in [2.05, 4.69) is 16.3 Å². The molecule has 1 heterocycles. The molecule has 0 saturated heterocycles. The van der Waals surface area contributed by atoms with Gasteiger partial charge in [0.1, 0.15) is 0 Å². The Kier molecular flexibility index (Phi) is 4.63. The van der Waals surface area contributed by atoms with E-state index < -0.39 is 0 Å². The Labute approximate surface area is 162 Å². The van der Waals surface area contributed by atoms with Gasteiger partial charge in [-0.2, -0.15) is 0 Å². The average molecular weight is 393 g/mol. The van der Waals surface area contributed by atoms with Gasteiger partial charge >= 0.3 is 0 Å². The fourth-order valence-corrected chi connectivity index (χ4v) is 4.39. The van der Waals surface area contributed by atoms with E-state index >= 15 is 0 Å². The number of hydrogen-bond donors (Lipinski definition) is 2. The molecule has 0 bridgehead atoms. The lowest BCUT2D eigenvalue weighted by molar-refractivity contribution is 0.230. The number of nitrogens with one attached hydrogen (secondary N) is 1. The van der Waals surface area contributed by atoms with Gasteiger partial charge in [-0.1, -0.05) is 41.4 Å². The second kappa shape index (κ2) is 6.76. The molecule has 0 radical (unpaired) electrons. The van der Waals surface area contributed by atoms with Crippen LogP contribution in [0.15, 0.2) is 36.4 Å². The molecular formula is C19H18Cl2N2OS. The number of nitrogens with zero attached hydrogens (tertiary/aromatic N) is 1. The van der Waals surface area contributed by atoms with E-state index in [9.17, 15) is 5.11 Å². The first-order valence-electron chi connectivity index (χ1n) is 8.33. The van der Waals surface area contributed by atoms with Crippen molar-refractivity contribution in [1.29, 1.82) is 0 Å². The zero-order chi connectivity index (χ0) is 17.6. The van der Waals surface area contributed by atoms with Gasteiger partial charge in [-0.25, -0.2) is 0 Å². The number of aliphatic hydroxyl groups is 1. The molecule has 2 aromatic rings. The summed E-state index contributed by atoms with van der Waals surface area (Å²) in [6, 6.07) is 12.4. The van der Waals surface area contributed by atoms with Crippen LogP contribution in [0.25, 0.3) is 0 Å². The standard InChI is InChI=1S/C19H18Cl2N2OS/c20-11-7-14-15(13-3-1-2-4-18(13)22-19(24)25)9-23(12-5-6-12)10-16(14)17(21)8-11/h1-4,7-8,12,15H,5-6,9-10H2,(H2,22,24,25). The number of hydrogen-bond acceptors (Lipinski definition) is 2. The Morgan fingerprint density at radius 2 is 1.92 bits per heavy atom. The Balaban J connectivity index is 1.83. The van der Waals surface area contributed by atoms with E-state index in [0.717, 1.165) is 40.5 Å². The monoisotopic (exact) mass is 392 g/mol. The van der Waals surface area contributed by atoms with Gasteiger partial charge in [0, 0.05) is 40.8 Å². The highest BCUT2D eigenvalue weighted by Gasteiger charge is 2.37. The van der Waals surface area contributed by atoms with Gasteiger partial charge in [0.25, 0.3) is 5.17 Å². The molecule has 1 aliphatic carbocycles. The van der Waals surface area contributed by atoms with Crippen LogP contribution in [0.2, 0.25) is 10.0 Å². The fraction of sp³-hybridized carbons (Fsp3) is 0.316. The van der Waals surface area contributed by atoms with E-state index in [-0.39, 0.29) is 11.1 Å². The highest BCUT2D eigenvalue weighted by molar-refractivity contribution is 7.80. The number of rotatable bonds is 3. The number of benzene rings is 2. The molecule has 2 aromatic carbocycles. The van der Waals surface area contributed by atoms with Crippen molar-refractivity contribution >= 4 is 46.3 Å². The summed E-state index contributed by atoms with van der Waals surface area (Å²) in [7, 11) is 0. The minimum absolute atomic E-state index is 0.124. The molecule has 2 N–H and O–H groups in total. The van der Waals surface area contributed by atoms with Crippen LogP contribution in [0.3, 0.4) is 0 Å². The van der Waals surface area contributed by atoms with Crippen molar-refractivity contribution in [2.24, 2.45) is 0 Å². The Morgan fingerprint density at radius 3 is 2.64 bits per heavy atom. The summed E-state index contributed by atoms with van der Waals surface area (Å²) in [5, 5.41) is 13.6. The molecule has 1 fully saturated rings. The predicted molar refractivity (Wildman–Crippen MR) is 107 cm³/mol. The summed E-state index contributed by atoms with van der Waals surface area (Å²) in [4.78, 5) is 2.50. The Bertz CT molecular complexity index is 838. The number of anilines is 1. The van der Waals surface area contributed by atoms with Crippen LogP contribution >= 0.6 is 35.4 Å². The SMILES string of the molecule is OC(=S)Nc1ccccc1C1CN(C2CC2)Cc2c(Cl)cc(Cl)cc21. The van der Waals surface area contributed by atoms with Crippen molar-refractivity contribution in [3.8, 4) is 0 Å². The normalized spacial score (nSPS) is 20.2. The van der Waals surface area contributed by atoms with Crippen LogP contribution in [-0.2, 0) is 6.54 Å². The zero-order valence-electron chi connectivity index (χ0n) is 13.5. The van der Waals surface area contributed by atoms with Crippen molar-refractivity contribution in [2.45, 2.75) is 31.3 Å². The quantitative estimate of drug-likeness (QED) is 0.689. The summed E-state index contributed by atoms with van der Waals surface area (Å²) < 4.78 is 0. The lowest BCUT2D eigenvalue weighted by Crippen LogP contribution is -2.36. The Hall–Kier alpha value is -1.33. The van der Waals surface area contributed by atoms with Crippen molar-refractivity contribution in [1.82, 2.24) is 4.90 Å². The highest BCUT2D eigenvalue weighted by atomic mass is 35.5. The largest absolute Gasteiger partial charge is 0.486 e. The second-order valence-corrected chi connectivity index (χ2v) is 7.92. The van der Waals surface area contributed by atoms with Crippen LogP contribution in [0.1, 0.15) is 35.4 Å². The maximum atomic E-state index is 9.53. The zero-order valence-corrected chi connectivity index (χ0v) is 15.8. The summed E-state index contributed by atoms with van der Waals surface area (Å²) in [6.45, 7) is 1.77. The van der Waals surface area contributed by atoms with E-state index in [1.165, 1.54) is 12.8 Å². The summed E-state index contributed by atoms with van der Waals surface area (Å²) >= 11 is 17.6. The van der Waals surface area contributed by atoms with Crippen LogP contribution in [0.5, 0.6) is 0 Å². The lowest BCUT2D eigenvalue weighted by atomic mass is 9.83. The molecule has 3 nitrogen and oxygen atoms in total. The summed E-state index contributed by atoms with van der Waals surface area (Å²) in [5.74, 6) is 0.124. The Morgan fingerprint density at radius 1 is 1.16 bits per heavy atom. The topological polar surface area (TPSA) is 35.5 Å². The second-order valence-electron chi connectivity index (χ2n) is 6.69. The number of aliphatic hydroxyl groups excluding tert-OH is 1. The molecule has 1 saturated carbocycles. The van der Waals surface area contributed by atoms with Crippen LogP contribution in [0, 0.1) is 0 Å². The van der Waals surface area contributed by atoms with Crippen LogP contribution in [-0.4, -0.2) is 27.8 Å². The van der Waals surface area contributed by atoms with E-state index in [0.29, 0.717) is 11.1 Å². The summed E-state index contributed by atoms with van der Waals surface area (Å²) in [5.41, 5.74) is 4.21. The molecule has 25 heavy (non-hydrogen) atoms. The maximum absolute atomic E-state index is 9.53. The average Bonchev–Trinajstić information content (AvgIpc) is 3.39. The van der Waals surface area contributed by atoms with E-state index in [1.54, 1.807) is 0 Å². The molecule has 1 unspecified atom stereocenters. The van der Waals surface area contributed by atoms with Crippen molar-refractivity contribution < 1.29 is 5.11 Å². The molecule has 1 atom stereocenters. The lowest BCUT2D eigenvalue weighted by Gasteiger charge is -2.36. The van der Waals surface area contributed by atoms with Crippen LogP contribution < -0.4 is 5.32 Å². The molecule has 0 aromatic heterocycles. The molecule has 0 amide bonds. The van der Waals surface area contributed by atoms with Crippen LogP contribution in [0.4, 0.5) is 5.69 Å². The third kappa shape index (κ3) is 3.49. The first-order chi connectivity index (χ1) is 12.0. The molecular weight excluding hydrogens is 375 g/mol. The minimum Gasteiger partial charge on any atom is -0.486 e. The maximum Gasteiger partial charge on any atom is 0.258 e. The van der Waals surface area contributed by atoms with E-state index in [4.69, 9.17) is 35.4 Å². The van der Waals surface area contributed by atoms with Gasteiger partial charge in [-0.05, 0) is 59.9 Å². The third-order valence-electron chi connectivity index (χ3n) is 4.99. The number of thiocarbonyl (C=S) groups is 1. The number of fused-ring (bicyclic) bond motifs is 1. The summed E-state index contributed by atoms with van der Waals surface area (Å²) in [6.07, 6.45) is 2.49. The van der Waals surface area contributed by atoms with Gasteiger partial charge < -0.3 is 10.4 Å². The van der Waals surface area contributed by atoms with Crippen molar-refractivity contribution in [2.75, 3.05) is 11.9 Å². The highest BCUT2D eigenvalue weighted by Crippen LogP contribution is 2.43. The molecule has 0 spiro atoms. The minimum atomic E-state index is -0.230. The van der Waals surface area contributed by atoms with Gasteiger partial charge in [-0.15, -0.1) is 0 Å². The number of halogens is 2. The third-order valence-corrected chi connectivity index (χ3v) is 5.65. The molecule has 130 valence electrons. The molecule has 6 heteroatoms. The molecule has 4 rings (SSSR count). The molecule has 2 aliphatic rings. The first-order valence-corrected chi connectivity index (χ1v) is 9.50. The van der Waals surface area contributed by atoms with E-state index in [1.807, 2.05) is 30.3 Å².